The Bertz CT molecular complexity index is 654. The van der Waals surface area contributed by atoms with Crippen LogP contribution in [0.4, 0.5) is 0 Å². The van der Waals surface area contributed by atoms with Crippen LogP contribution in [-0.2, 0) is 9.59 Å². The molecule has 2 aliphatic rings. The van der Waals surface area contributed by atoms with Crippen LogP contribution in [-0.4, -0.2) is 74.0 Å². The lowest BCUT2D eigenvalue weighted by atomic mass is 10.1. The zero-order chi connectivity index (χ0) is 18.8. The average molecular weight is 421 g/mol. The summed E-state index contributed by atoms with van der Waals surface area (Å²) in [5, 5.41) is 17.1. The van der Waals surface area contributed by atoms with Crippen molar-refractivity contribution in [2.75, 3.05) is 13.1 Å². The van der Waals surface area contributed by atoms with Crippen LogP contribution in [0.3, 0.4) is 0 Å². The van der Waals surface area contributed by atoms with Gasteiger partial charge in [0.25, 0.3) is 0 Å². The van der Waals surface area contributed by atoms with Gasteiger partial charge in [0.1, 0.15) is 6.04 Å². The quantitative estimate of drug-likeness (QED) is 0.162. The summed E-state index contributed by atoms with van der Waals surface area (Å²) in [6.45, 7) is 1.05. The molecule has 0 fully saturated rings. The van der Waals surface area contributed by atoms with E-state index in [0.717, 1.165) is 5.70 Å². The fraction of sp³-hybridized carbons (Fsp3) is 0.312. The first kappa shape index (κ1) is 33.4. The third kappa shape index (κ3) is 12.7. The van der Waals surface area contributed by atoms with E-state index in [2.05, 4.69) is 4.99 Å². The van der Waals surface area contributed by atoms with Crippen molar-refractivity contribution >= 4 is 17.9 Å². The summed E-state index contributed by atoms with van der Waals surface area (Å²) in [7, 11) is 0. The van der Waals surface area contributed by atoms with Gasteiger partial charge in [0.2, 0.25) is 0 Å². The van der Waals surface area contributed by atoms with Crippen molar-refractivity contribution in [2.45, 2.75) is 18.9 Å². The summed E-state index contributed by atoms with van der Waals surface area (Å²) in [4.78, 5) is 26.5. The average Bonchev–Trinajstić information content (AvgIpc) is 2.58. The Kier molecular flexibility index (Phi) is 19.5. The number of carbonyl (C=O) groups is 2. The molecule has 2 aliphatic heterocycles. The van der Waals surface area contributed by atoms with Crippen LogP contribution in [0.1, 0.15) is 12.8 Å². The topological polar surface area (TPSA) is 294 Å². The number of carboxylic acids is 2. The number of carboxylic acid groups (broad SMARTS) is 2. The number of hydrogen-bond acceptors (Lipinski definition) is 5. The summed E-state index contributed by atoms with van der Waals surface area (Å²) in [6, 6.07) is -0.820. The standard InChI is InChI=1S/C10H9NO2.C6H14N4O2.4H2O/c12-10(13)8-4-6-11-5-2-1-3-9(11)7-8;7-4(5(11)12)2-1-3-10-6(8)9;;;;/h1-5,7H,6H2,(H,12,13);4H,1-3,7H2,(H,11,12)(H4,8,9,10);4*1H2/t;4-;;;;/m.0..../s1. The van der Waals surface area contributed by atoms with Gasteiger partial charge in [-0.1, -0.05) is 12.2 Å². The number of aliphatic imine (C=N–C) groups is 1. The minimum absolute atomic E-state index is 0. The lowest BCUT2D eigenvalue weighted by Gasteiger charge is -2.25. The van der Waals surface area contributed by atoms with Crippen LogP contribution in [0.15, 0.2) is 52.8 Å². The Labute approximate surface area is 167 Å². The van der Waals surface area contributed by atoms with Gasteiger partial charge < -0.3 is 54.2 Å². The van der Waals surface area contributed by atoms with Crippen LogP contribution in [0.25, 0.3) is 0 Å². The molecule has 13 heteroatoms. The van der Waals surface area contributed by atoms with E-state index in [4.69, 9.17) is 27.4 Å². The molecule has 0 amide bonds. The van der Waals surface area contributed by atoms with Gasteiger partial charge in [0, 0.05) is 25.0 Å². The molecular formula is C16H31N5O8. The van der Waals surface area contributed by atoms with E-state index in [9.17, 15) is 9.59 Å². The number of allylic oxidation sites excluding steroid dienone is 3. The number of aliphatic carboxylic acids is 2. The second kappa shape index (κ2) is 16.9. The van der Waals surface area contributed by atoms with Crippen molar-refractivity contribution in [1.29, 1.82) is 0 Å². The molecule has 0 saturated carbocycles. The Morgan fingerprint density at radius 1 is 1.14 bits per heavy atom. The van der Waals surface area contributed by atoms with E-state index in [0.29, 0.717) is 31.5 Å². The van der Waals surface area contributed by atoms with Crippen LogP contribution < -0.4 is 17.2 Å². The number of hydrogen-bond donors (Lipinski definition) is 5. The van der Waals surface area contributed by atoms with E-state index in [-0.39, 0.29) is 27.9 Å². The molecule has 0 unspecified atom stereocenters. The number of guanidine groups is 1. The third-order valence-electron chi connectivity index (χ3n) is 3.32. The van der Waals surface area contributed by atoms with Crippen LogP contribution in [0.2, 0.25) is 0 Å². The highest BCUT2D eigenvalue weighted by atomic mass is 16.4. The number of nitrogens with zero attached hydrogens (tertiary/aromatic N) is 2. The zero-order valence-corrected chi connectivity index (χ0v) is 15.7. The molecule has 0 radical (unpaired) electrons. The monoisotopic (exact) mass is 421 g/mol. The third-order valence-corrected chi connectivity index (χ3v) is 3.32. The van der Waals surface area contributed by atoms with Gasteiger partial charge in [0.05, 0.1) is 5.57 Å². The summed E-state index contributed by atoms with van der Waals surface area (Å²) < 4.78 is 0. The van der Waals surface area contributed by atoms with Crippen molar-refractivity contribution in [3.8, 4) is 0 Å². The Hall–Kier alpha value is -3.23. The van der Waals surface area contributed by atoms with Crippen molar-refractivity contribution < 1.29 is 41.7 Å². The predicted octanol–water partition coefficient (Wildman–Crippen LogP) is -3.57. The SMILES string of the molecule is NC(N)=NCCC[C@H](N)C(=O)O.O.O.O.O.O=C(O)C1=CCN2C=CC=CC2=C1. The lowest BCUT2D eigenvalue weighted by Crippen LogP contribution is -2.30. The van der Waals surface area contributed by atoms with Gasteiger partial charge in [-0.25, -0.2) is 4.79 Å². The Morgan fingerprint density at radius 2 is 1.76 bits per heavy atom. The summed E-state index contributed by atoms with van der Waals surface area (Å²) >= 11 is 0. The molecule has 29 heavy (non-hydrogen) atoms. The van der Waals surface area contributed by atoms with Crippen molar-refractivity contribution in [3.05, 3.63) is 47.9 Å². The van der Waals surface area contributed by atoms with Gasteiger partial charge in [-0.2, -0.15) is 0 Å². The molecule has 2 heterocycles. The second-order valence-corrected chi connectivity index (χ2v) is 5.28. The minimum Gasteiger partial charge on any atom is -0.480 e. The lowest BCUT2D eigenvalue weighted by molar-refractivity contribution is -0.138. The predicted molar refractivity (Wildman–Crippen MR) is 109 cm³/mol. The Balaban J connectivity index is -0.000000190. The molecule has 0 aromatic rings. The summed E-state index contributed by atoms with van der Waals surface area (Å²) in [5.41, 5.74) is 16.6. The van der Waals surface area contributed by atoms with Crippen LogP contribution in [0, 0.1) is 0 Å². The molecule has 0 aliphatic carbocycles. The van der Waals surface area contributed by atoms with Gasteiger partial charge in [0.15, 0.2) is 5.96 Å². The molecule has 168 valence electrons. The van der Waals surface area contributed by atoms with Crippen LogP contribution >= 0.6 is 0 Å². The molecule has 0 spiro atoms. The summed E-state index contributed by atoms with van der Waals surface area (Å²) in [6.07, 6.45) is 12.0. The minimum atomic E-state index is -1.00. The number of rotatable bonds is 6. The molecule has 16 N–H and O–H groups in total. The van der Waals surface area contributed by atoms with Gasteiger partial charge in [-0.3, -0.25) is 9.79 Å². The molecule has 0 bridgehead atoms. The maximum absolute atomic E-state index is 10.7. The molecule has 13 nitrogen and oxygen atoms in total. The maximum atomic E-state index is 10.7. The van der Waals surface area contributed by atoms with Gasteiger partial charge in [-0.15, -0.1) is 0 Å². The molecule has 1 atom stereocenters. The number of nitrogens with two attached hydrogens (primary N) is 3. The molecule has 2 rings (SSSR count). The molecule has 0 aromatic carbocycles. The highest BCUT2D eigenvalue weighted by Crippen LogP contribution is 2.19. The van der Waals surface area contributed by atoms with Gasteiger partial charge >= 0.3 is 11.9 Å². The smallest absolute Gasteiger partial charge is 0.335 e. The van der Waals surface area contributed by atoms with E-state index < -0.39 is 18.0 Å². The summed E-state index contributed by atoms with van der Waals surface area (Å²) in [5.74, 6) is -1.85. The fourth-order valence-electron chi connectivity index (χ4n) is 1.99. The Morgan fingerprint density at radius 3 is 2.28 bits per heavy atom. The van der Waals surface area contributed by atoms with E-state index >= 15 is 0 Å². The molecule has 0 saturated heterocycles. The normalized spacial score (nSPS) is 13.6. The first-order chi connectivity index (χ1) is 11.8. The maximum Gasteiger partial charge on any atom is 0.335 e. The van der Waals surface area contributed by atoms with E-state index in [1.807, 2.05) is 29.3 Å². The zero-order valence-electron chi connectivity index (χ0n) is 15.7. The van der Waals surface area contributed by atoms with Gasteiger partial charge in [-0.05, 0) is 31.1 Å². The van der Waals surface area contributed by atoms with Crippen molar-refractivity contribution in [2.24, 2.45) is 22.2 Å². The second-order valence-electron chi connectivity index (χ2n) is 5.28. The fourth-order valence-corrected chi connectivity index (χ4v) is 1.99. The van der Waals surface area contributed by atoms with Crippen LogP contribution in [0.5, 0.6) is 0 Å². The van der Waals surface area contributed by atoms with E-state index in [1.165, 1.54) is 0 Å². The largest absolute Gasteiger partial charge is 0.480 e. The molecule has 0 aromatic heterocycles. The van der Waals surface area contributed by atoms with Crippen molar-refractivity contribution in [1.82, 2.24) is 4.90 Å². The van der Waals surface area contributed by atoms with Crippen molar-refractivity contribution in [3.63, 3.8) is 0 Å². The first-order valence-corrected chi connectivity index (χ1v) is 7.61. The first-order valence-electron chi connectivity index (χ1n) is 7.61. The molecular weight excluding hydrogens is 390 g/mol. The highest BCUT2D eigenvalue weighted by molar-refractivity contribution is 5.90. The van der Waals surface area contributed by atoms with E-state index in [1.54, 1.807) is 12.2 Å². The highest BCUT2D eigenvalue weighted by Gasteiger charge is 2.14. The number of fused-ring (bicyclic) bond motifs is 1.